The summed E-state index contributed by atoms with van der Waals surface area (Å²) in [4.78, 5) is 13.9. The van der Waals surface area contributed by atoms with E-state index in [1.54, 1.807) is 7.11 Å². The van der Waals surface area contributed by atoms with Crippen molar-refractivity contribution in [3.63, 3.8) is 0 Å². The van der Waals surface area contributed by atoms with Gasteiger partial charge in [0.25, 0.3) is 5.69 Å². The molecule has 0 unspecified atom stereocenters. The normalized spacial score (nSPS) is 10.6. The van der Waals surface area contributed by atoms with Crippen LogP contribution in [0.2, 0.25) is 5.15 Å². The van der Waals surface area contributed by atoms with Crippen LogP contribution in [0.1, 0.15) is 0 Å². The largest absolute Gasteiger partial charge is 0.475 e. The minimum absolute atomic E-state index is 0.00617. The molecule has 0 radical (unpaired) electrons. The summed E-state index contributed by atoms with van der Waals surface area (Å²) in [5.41, 5.74) is -0.169. The van der Waals surface area contributed by atoms with Gasteiger partial charge in [-0.25, -0.2) is 4.98 Å². The highest BCUT2D eigenvalue weighted by Gasteiger charge is 2.10. The molecule has 118 valence electrons. The molecule has 1 heterocycles. The zero-order valence-electron chi connectivity index (χ0n) is 11.6. The number of halogens is 1. The molecule has 0 fully saturated rings. The van der Waals surface area contributed by atoms with Crippen LogP contribution in [-0.4, -0.2) is 56.7 Å². The molecule has 0 aliphatic heterocycles. The van der Waals surface area contributed by atoms with Crippen molar-refractivity contribution < 1.29 is 23.9 Å². The molecule has 0 aromatic carbocycles. The van der Waals surface area contributed by atoms with E-state index in [1.807, 2.05) is 0 Å². The van der Waals surface area contributed by atoms with E-state index in [0.29, 0.717) is 33.0 Å². The van der Waals surface area contributed by atoms with Crippen molar-refractivity contribution >= 4 is 17.3 Å². The summed E-state index contributed by atoms with van der Waals surface area (Å²) in [5.74, 6) is 0.0918. The third kappa shape index (κ3) is 7.76. The minimum atomic E-state index is -0.561. The van der Waals surface area contributed by atoms with Crippen molar-refractivity contribution in [3.05, 3.63) is 27.4 Å². The summed E-state index contributed by atoms with van der Waals surface area (Å²) in [6.07, 6.45) is 0. The van der Waals surface area contributed by atoms with Crippen LogP contribution in [0.5, 0.6) is 5.88 Å². The van der Waals surface area contributed by atoms with E-state index in [1.165, 1.54) is 6.07 Å². The Morgan fingerprint density at radius 1 is 1.14 bits per heavy atom. The van der Waals surface area contributed by atoms with Gasteiger partial charge in [-0.15, -0.1) is 0 Å². The Morgan fingerprint density at radius 2 is 1.76 bits per heavy atom. The molecule has 9 heteroatoms. The molecule has 0 aliphatic carbocycles. The van der Waals surface area contributed by atoms with Crippen molar-refractivity contribution in [2.75, 3.05) is 46.8 Å². The van der Waals surface area contributed by atoms with Gasteiger partial charge in [-0.1, -0.05) is 11.6 Å². The second-order valence-corrected chi connectivity index (χ2v) is 4.20. The van der Waals surface area contributed by atoms with Crippen LogP contribution >= 0.6 is 11.6 Å². The second kappa shape index (κ2) is 10.3. The molecule has 0 spiro atoms. The quantitative estimate of drug-likeness (QED) is 0.265. The Hall–Kier alpha value is -1.48. The fourth-order valence-corrected chi connectivity index (χ4v) is 1.50. The van der Waals surface area contributed by atoms with Crippen LogP contribution in [-0.2, 0) is 14.2 Å². The molecule has 1 aromatic heterocycles. The van der Waals surface area contributed by atoms with Crippen LogP contribution < -0.4 is 4.74 Å². The van der Waals surface area contributed by atoms with Gasteiger partial charge in [-0.05, 0) is 0 Å². The van der Waals surface area contributed by atoms with Gasteiger partial charge < -0.3 is 18.9 Å². The number of pyridine rings is 1. The average molecular weight is 321 g/mol. The number of methoxy groups -OCH3 is 1. The number of aromatic nitrogens is 1. The molecule has 0 atom stereocenters. The Kier molecular flexibility index (Phi) is 8.60. The van der Waals surface area contributed by atoms with Crippen LogP contribution in [0.4, 0.5) is 5.69 Å². The summed E-state index contributed by atoms with van der Waals surface area (Å²) in [6, 6.07) is 2.36. The smallest absolute Gasteiger partial charge is 0.277 e. The number of nitrogens with zero attached hydrogens (tertiary/aromatic N) is 2. The summed E-state index contributed by atoms with van der Waals surface area (Å²) < 4.78 is 20.5. The maximum atomic E-state index is 10.6. The molecule has 21 heavy (non-hydrogen) atoms. The lowest BCUT2D eigenvalue weighted by Crippen LogP contribution is -2.12. The molecule has 0 N–H and O–H groups in total. The van der Waals surface area contributed by atoms with Crippen molar-refractivity contribution in [3.8, 4) is 5.88 Å². The lowest BCUT2D eigenvalue weighted by molar-refractivity contribution is -0.385. The fourth-order valence-electron chi connectivity index (χ4n) is 1.31. The van der Waals surface area contributed by atoms with Crippen molar-refractivity contribution in [2.45, 2.75) is 0 Å². The molecule has 1 rings (SSSR count). The van der Waals surface area contributed by atoms with Crippen LogP contribution in [0.25, 0.3) is 0 Å². The molecular formula is C12H17ClN2O6. The first-order chi connectivity index (χ1) is 10.1. The number of rotatable bonds is 11. The lowest BCUT2D eigenvalue weighted by atomic mass is 10.4. The summed E-state index contributed by atoms with van der Waals surface area (Å²) >= 11 is 5.66. The van der Waals surface area contributed by atoms with E-state index >= 15 is 0 Å². The van der Waals surface area contributed by atoms with Gasteiger partial charge in [0.1, 0.15) is 11.8 Å². The predicted molar refractivity (Wildman–Crippen MR) is 74.9 cm³/mol. The molecule has 1 aromatic rings. The van der Waals surface area contributed by atoms with Gasteiger partial charge in [-0.3, -0.25) is 10.1 Å². The molecule has 0 saturated carbocycles. The Morgan fingerprint density at radius 3 is 2.38 bits per heavy atom. The molecule has 0 aliphatic rings. The second-order valence-electron chi connectivity index (χ2n) is 3.81. The third-order valence-corrected chi connectivity index (χ3v) is 2.44. The topological polar surface area (TPSA) is 93.0 Å². The van der Waals surface area contributed by atoms with E-state index in [2.05, 4.69) is 4.98 Å². The fraction of sp³-hybridized carbons (Fsp3) is 0.583. The number of hydrogen-bond acceptors (Lipinski definition) is 7. The van der Waals surface area contributed by atoms with Gasteiger partial charge in [0.15, 0.2) is 0 Å². The maximum Gasteiger partial charge on any atom is 0.277 e. The summed E-state index contributed by atoms with van der Waals surface area (Å²) in [5, 5.41) is 10.7. The molecule has 0 amide bonds. The third-order valence-electron chi connectivity index (χ3n) is 2.25. The van der Waals surface area contributed by atoms with Crippen LogP contribution in [0, 0.1) is 10.1 Å². The highest BCUT2D eigenvalue weighted by molar-refractivity contribution is 6.29. The van der Waals surface area contributed by atoms with Gasteiger partial charge in [0.2, 0.25) is 5.88 Å². The van der Waals surface area contributed by atoms with Crippen molar-refractivity contribution in [1.82, 2.24) is 4.98 Å². The number of nitro groups is 1. The first-order valence-corrected chi connectivity index (χ1v) is 6.60. The lowest BCUT2D eigenvalue weighted by Gasteiger charge is -2.07. The summed E-state index contributed by atoms with van der Waals surface area (Å²) in [7, 11) is 1.60. The van der Waals surface area contributed by atoms with Crippen molar-refractivity contribution in [1.29, 1.82) is 0 Å². The minimum Gasteiger partial charge on any atom is -0.475 e. The van der Waals surface area contributed by atoms with Gasteiger partial charge >= 0.3 is 0 Å². The SMILES string of the molecule is COCCOCCOCCOc1cc([N+](=O)[O-])cc(Cl)n1. The number of ether oxygens (including phenoxy) is 4. The molecule has 0 bridgehead atoms. The van der Waals surface area contributed by atoms with E-state index < -0.39 is 4.92 Å². The Balaban J connectivity index is 2.17. The van der Waals surface area contributed by atoms with Crippen LogP contribution in [0.3, 0.4) is 0 Å². The first kappa shape index (κ1) is 17.6. The Bertz CT molecular complexity index is 446. The van der Waals surface area contributed by atoms with E-state index in [-0.39, 0.29) is 23.3 Å². The molecule has 0 saturated heterocycles. The number of hydrogen-bond donors (Lipinski definition) is 0. The van der Waals surface area contributed by atoms with E-state index in [0.717, 1.165) is 6.07 Å². The van der Waals surface area contributed by atoms with E-state index in [4.69, 9.17) is 30.5 Å². The van der Waals surface area contributed by atoms with E-state index in [9.17, 15) is 10.1 Å². The van der Waals surface area contributed by atoms with Gasteiger partial charge in [-0.2, -0.15) is 0 Å². The highest BCUT2D eigenvalue weighted by Crippen LogP contribution is 2.21. The van der Waals surface area contributed by atoms with Crippen molar-refractivity contribution in [2.24, 2.45) is 0 Å². The zero-order chi connectivity index (χ0) is 15.5. The van der Waals surface area contributed by atoms with Gasteiger partial charge in [0, 0.05) is 7.11 Å². The first-order valence-electron chi connectivity index (χ1n) is 6.22. The van der Waals surface area contributed by atoms with Gasteiger partial charge in [0.05, 0.1) is 50.1 Å². The standard InChI is InChI=1S/C12H17ClN2O6/c1-18-2-3-19-4-5-20-6-7-21-12-9-10(15(16)17)8-11(13)14-12/h8-9H,2-7H2,1H3. The molecular weight excluding hydrogens is 304 g/mol. The Labute approximate surface area is 127 Å². The highest BCUT2D eigenvalue weighted by atomic mass is 35.5. The maximum absolute atomic E-state index is 10.6. The predicted octanol–water partition coefficient (Wildman–Crippen LogP) is 1.70. The zero-order valence-corrected chi connectivity index (χ0v) is 12.4. The average Bonchev–Trinajstić information content (AvgIpc) is 2.45. The monoisotopic (exact) mass is 320 g/mol. The summed E-state index contributed by atoms with van der Waals surface area (Å²) in [6.45, 7) is 2.48. The molecule has 8 nitrogen and oxygen atoms in total. The van der Waals surface area contributed by atoms with Crippen LogP contribution in [0.15, 0.2) is 12.1 Å².